The fourth-order valence-electron chi connectivity index (χ4n) is 3.31. The summed E-state index contributed by atoms with van der Waals surface area (Å²) in [6.45, 7) is 2.87. The summed E-state index contributed by atoms with van der Waals surface area (Å²) in [5.41, 5.74) is 15.8. The minimum absolute atomic E-state index is 0.0212. The van der Waals surface area contributed by atoms with Crippen molar-refractivity contribution in [1.82, 2.24) is 4.57 Å². The number of nitrogens with one attached hydrogen (secondary N) is 2. The highest BCUT2D eigenvalue weighted by Gasteiger charge is 2.38. The van der Waals surface area contributed by atoms with E-state index in [1.165, 1.54) is 0 Å². The van der Waals surface area contributed by atoms with Crippen molar-refractivity contribution in [2.24, 2.45) is 11.5 Å². The van der Waals surface area contributed by atoms with Crippen LogP contribution in [0.2, 0.25) is 0 Å². The van der Waals surface area contributed by atoms with Gasteiger partial charge in [-0.15, -0.1) is 0 Å². The molecule has 0 fully saturated rings. The second-order valence-electron chi connectivity index (χ2n) is 9.01. The number of aromatic nitrogens is 1. The summed E-state index contributed by atoms with van der Waals surface area (Å²) in [7, 11) is 0. The Balaban J connectivity index is 0.000000601. The number of hydrogen-bond acceptors (Lipinski definition) is 6. The van der Waals surface area contributed by atoms with Crippen LogP contribution in [-0.2, 0) is 27.3 Å². The number of ether oxygens (including phenoxy) is 1. The highest BCUT2D eigenvalue weighted by Crippen LogP contribution is 2.20. The lowest BCUT2D eigenvalue weighted by molar-refractivity contribution is -0.193. The number of carboxylic acids is 2. The predicted octanol–water partition coefficient (Wildman–Crippen LogP) is 4.53. The van der Waals surface area contributed by atoms with E-state index in [-0.39, 0.29) is 17.6 Å². The van der Waals surface area contributed by atoms with Crippen LogP contribution in [0, 0.1) is 10.8 Å². The summed E-state index contributed by atoms with van der Waals surface area (Å²) in [6, 6.07) is 14.9. The summed E-state index contributed by atoms with van der Waals surface area (Å²) < 4.78 is 70.8. The van der Waals surface area contributed by atoms with Crippen LogP contribution in [0.4, 0.5) is 26.3 Å². The lowest BCUT2D eigenvalue weighted by atomic mass is 10.0. The standard InChI is InChI=1S/C24H27N5O2.2C2HF3O2/c1-2-10-31-24(30)21-15-29(13-17-4-3-5-19(12-17)23(27)28)14-20(21)11-16-6-8-18(9-7-16)22(25)26;2*3-2(4,5)1(6)7/h3-9,12,14-15H,2,10-11,13H2,1H3,(H3,25,26)(H3,27,28);2*(H,6,7). The van der Waals surface area contributed by atoms with E-state index >= 15 is 0 Å². The molecule has 1 heterocycles. The van der Waals surface area contributed by atoms with Gasteiger partial charge in [-0.2, -0.15) is 26.3 Å². The molecule has 1 aromatic heterocycles. The van der Waals surface area contributed by atoms with Crippen LogP contribution in [0.3, 0.4) is 0 Å². The molecule has 8 N–H and O–H groups in total. The number of alkyl halides is 6. The summed E-state index contributed by atoms with van der Waals surface area (Å²) in [4.78, 5) is 30.4. The molecule has 0 saturated heterocycles. The molecule has 244 valence electrons. The quantitative estimate of drug-likeness (QED) is 0.0842. The number of hydrogen-bond donors (Lipinski definition) is 6. The smallest absolute Gasteiger partial charge is 0.475 e. The minimum Gasteiger partial charge on any atom is -0.475 e. The zero-order valence-electron chi connectivity index (χ0n) is 23.5. The lowest BCUT2D eigenvalue weighted by Gasteiger charge is -2.06. The number of rotatable bonds is 9. The maximum Gasteiger partial charge on any atom is 0.490 e. The highest BCUT2D eigenvalue weighted by molar-refractivity contribution is 5.95. The largest absolute Gasteiger partial charge is 0.490 e. The van der Waals surface area contributed by atoms with Crippen molar-refractivity contribution in [2.75, 3.05) is 6.61 Å². The molecule has 0 radical (unpaired) electrons. The van der Waals surface area contributed by atoms with Crippen molar-refractivity contribution >= 4 is 29.6 Å². The molecule has 3 rings (SSSR count). The van der Waals surface area contributed by atoms with Gasteiger partial charge < -0.3 is 31.0 Å². The fraction of sp³-hybridized carbons (Fsp3) is 0.250. The van der Waals surface area contributed by atoms with E-state index in [9.17, 15) is 31.1 Å². The zero-order valence-corrected chi connectivity index (χ0v) is 23.5. The summed E-state index contributed by atoms with van der Waals surface area (Å²) in [5.74, 6) is -5.81. The van der Waals surface area contributed by atoms with Crippen molar-refractivity contribution in [1.29, 1.82) is 10.8 Å². The predicted molar refractivity (Wildman–Crippen MR) is 149 cm³/mol. The van der Waals surface area contributed by atoms with E-state index in [0.29, 0.717) is 36.3 Å². The molecule has 0 aliphatic carbocycles. The molecule has 0 amide bonds. The fourth-order valence-corrected chi connectivity index (χ4v) is 3.31. The third kappa shape index (κ3) is 13.2. The zero-order chi connectivity index (χ0) is 34.5. The number of nitrogen functional groups attached to an aromatic ring is 2. The number of nitrogens with zero attached hydrogens (tertiary/aromatic N) is 1. The van der Waals surface area contributed by atoms with Crippen LogP contribution in [0.15, 0.2) is 60.9 Å². The molecule has 0 aliphatic heterocycles. The first-order chi connectivity index (χ1) is 20.8. The molecule has 0 bridgehead atoms. The van der Waals surface area contributed by atoms with Crippen LogP contribution >= 0.6 is 0 Å². The number of esters is 1. The molecule has 0 saturated carbocycles. The second-order valence-corrected chi connectivity index (χ2v) is 9.01. The molecular formula is C28H29F6N5O6. The molecule has 0 spiro atoms. The van der Waals surface area contributed by atoms with Gasteiger partial charge in [0.15, 0.2) is 0 Å². The number of carbonyl (C=O) groups is 3. The van der Waals surface area contributed by atoms with Gasteiger partial charge in [0.05, 0.1) is 12.2 Å². The molecule has 0 aliphatic rings. The Kier molecular flexibility index (Phi) is 13.8. The van der Waals surface area contributed by atoms with E-state index in [0.717, 1.165) is 23.1 Å². The Morgan fingerprint density at radius 3 is 1.78 bits per heavy atom. The maximum atomic E-state index is 12.6. The number of aliphatic carboxylic acids is 2. The van der Waals surface area contributed by atoms with Crippen molar-refractivity contribution in [2.45, 2.75) is 38.7 Å². The Labute approximate surface area is 252 Å². The minimum atomic E-state index is -5.08. The summed E-state index contributed by atoms with van der Waals surface area (Å²) in [6.07, 6.45) is -5.11. The molecule has 0 unspecified atom stereocenters. The van der Waals surface area contributed by atoms with Crippen LogP contribution in [0.5, 0.6) is 0 Å². The second kappa shape index (κ2) is 16.5. The molecule has 0 atom stereocenters. The van der Waals surface area contributed by atoms with Crippen molar-refractivity contribution in [3.05, 3.63) is 94.3 Å². The van der Waals surface area contributed by atoms with Gasteiger partial charge in [-0.1, -0.05) is 49.4 Å². The first-order valence-corrected chi connectivity index (χ1v) is 12.6. The Bertz CT molecular complexity index is 1480. The van der Waals surface area contributed by atoms with Gasteiger partial charge in [-0.05, 0) is 35.6 Å². The number of amidine groups is 2. The molecule has 45 heavy (non-hydrogen) atoms. The van der Waals surface area contributed by atoms with Crippen molar-refractivity contribution in [3.63, 3.8) is 0 Å². The molecule has 11 nitrogen and oxygen atoms in total. The average Bonchev–Trinajstić information content (AvgIpc) is 3.33. The van der Waals surface area contributed by atoms with Crippen LogP contribution < -0.4 is 11.5 Å². The Morgan fingerprint density at radius 2 is 1.33 bits per heavy atom. The van der Waals surface area contributed by atoms with E-state index in [2.05, 4.69) is 0 Å². The first kappa shape index (κ1) is 37.7. The van der Waals surface area contributed by atoms with E-state index < -0.39 is 24.3 Å². The molecule has 17 heteroatoms. The Hall–Kier alpha value is -5.35. The van der Waals surface area contributed by atoms with Gasteiger partial charge in [0.2, 0.25) is 0 Å². The molecule has 2 aromatic carbocycles. The normalized spacial score (nSPS) is 10.8. The van der Waals surface area contributed by atoms with Crippen LogP contribution in [0.1, 0.15) is 51.5 Å². The van der Waals surface area contributed by atoms with Crippen molar-refractivity contribution in [3.8, 4) is 0 Å². The summed E-state index contributed by atoms with van der Waals surface area (Å²) in [5, 5.41) is 29.4. The van der Waals surface area contributed by atoms with Gasteiger partial charge >= 0.3 is 30.3 Å². The number of halogens is 6. The van der Waals surface area contributed by atoms with Gasteiger partial charge in [-0.25, -0.2) is 14.4 Å². The van der Waals surface area contributed by atoms with E-state index in [1.807, 2.05) is 48.0 Å². The number of benzene rings is 2. The number of carbonyl (C=O) groups excluding carboxylic acids is 1. The van der Waals surface area contributed by atoms with Crippen LogP contribution in [-0.4, -0.2) is 63.3 Å². The SMILES string of the molecule is CCCOC(=O)c1cn(Cc2cccc(C(=N)N)c2)cc1Cc1ccc(C(=N)N)cc1.O=C(O)C(F)(F)F.O=C(O)C(F)(F)F. The van der Waals surface area contributed by atoms with Crippen LogP contribution in [0.25, 0.3) is 0 Å². The third-order valence-electron chi connectivity index (χ3n) is 5.37. The van der Waals surface area contributed by atoms with E-state index in [4.69, 9.17) is 46.8 Å². The number of carboxylic acid groups (broad SMARTS) is 2. The van der Waals surface area contributed by atoms with Crippen molar-refractivity contribution < 1.29 is 55.7 Å². The van der Waals surface area contributed by atoms with Gasteiger partial charge in [0, 0.05) is 30.1 Å². The van der Waals surface area contributed by atoms with E-state index in [1.54, 1.807) is 24.4 Å². The lowest BCUT2D eigenvalue weighted by Crippen LogP contribution is -2.21. The summed E-state index contributed by atoms with van der Waals surface area (Å²) >= 11 is 0. The average molecular weight is 646 g/mol. The first-order valence-electron chi connectivity index (χ1n) is 12.6. The highest BCUT2D eigenvalue weighted by atomic mass is 19.4. The third-order valence-corrected chi connectivity index (χ3v) is 5.37. The number of nitrogens with two attached hydrogens (primary N) is 2. The van der Waals surface area contributed by atoms with Gasteiger partial charge in [-0.3, -0.25) is 10.8 Å². The molecule has 3 aromatic rings. The monoisotopic (exact) mass is 645 g/mol. The Morgan fingerprint density at radius 1 is 0.822 bits per heavy atom. The van der Waals surface area contributed by atoms with Gasteiger partial charge in [0.25, 0.3) is 0 Å². The topological polar surface area (TPSA) is 206 Å². The van der Waals surface area contributed by atoms with Gasteiger partial charge in [0.1, 0.15) is 11.7 Å². The molecular weight excluding hydrogens is 616 g/mol. The maximum absolute atomic E-state index is 12.6.